The zero-order valence-electron chi connectivity index (χ0n) is 17.0. The summed E-state index contributed by atoms with van der Waals surface area (Å²) in [7, 11) is 0. The SMILES string of the molecule is O=C1S/C(=C/c2ccc(Sc3ccc(Cl)cc3)c([N+](=O)[O-])c2)C(=O)N1Cc1c(F)cccc1Cl. The summed E-state index contributed by atoms with van der Waals surface area (Å²) in [5, 5.41) is 11.7. The van der Waals surface area contributed by atoms with Gasteiger partial charge in [-0.05, 0) is 65.9 Å². The molecule has 0 atom stereocenters. The van der Waals surface area contributed by atoms with Gasteiger partial charge in [0.05, 0.1) is 21.3 Å². The van der Waals surface area contributed by atoms with E-state index in [4.69, 9.17) is 23.2 Å². The lowest BCUT2D eigenvalue weighted by Crippen LogP contribution is -2.28. The van der Waals surface area contributed by atoms with Crippen LogP contribution in [0.15, 0.2) is 75.4 Å². The molecule has 34 heavy (non-hydrogen) atoms. The van der Waals surface area contributed by atoms with Gasteiger partial charge >= 0.3 is 0 Å². The second-order valence-electron chi connectivity index (χ2n) is 7.01. The molecule has 0 spiro atoms. The molecule has 1 aliphatic rings. The summed E-state index contributed by atoms with van der Waals surface area (Å²) in [6.07, 6.45) is 1.40. The Balaban J connectivity index is 1.59. The zero-order valence-corrected chi connectivity index (χ0v) is 20.2. The maximum atomic E-state index is 14.1. The van der Waals surface area contributed by atoms with Crippen LogP contribution in [0.25, 0.3) is 6.08 Å². The van der Waals surface area contributed by atoms with Crippen LogP contribution in [0.3, 0.4) is 0 Å². The third-order valence-electron chi connectivity index (χ3n) is 4.77. The molecule has 1 aliphatic heterocycles. The predicted octanol–water partition coefficient (Wildman–Crippen LogP) is 7.43. The Morgan fingerprint density at radius 1 is 1.09 bits per heavy atom. The van der Waals surface area contributed by atoms with Gasteiger partial charge in [-0.1, -0.05) is 47.1 Å². The highest BCUT2D eigenvalue weighted by Gasteiger charge is 2.36. The highest BCUT2D eigenvalue weighted by molar-refractivity contribution is 8.18. The van der Waals surface area contributed by atoms with Gasteiger partial charge in [0.2, 0.25) is 0 Å². The van der Waals surface area contributed by atoms with E-state index in [9.17, 15) is 24.1 Å². The maximum absolute atomic E-state index is 14.1. The van der Waals surface area contributed by atoms with Crippen molar-refractivity contribution in [3.63, 3.8) is 0 Å². The Bertz CT molecular complexity index is 1330. The van der Waals surface area contributed by atoms with Gasteiger partial charge in [0.25, 0.3) is 16.8 Å². The number of carbonyl (C=O) groups is 2. The zero-order chi connectivity index (χ0) is 24.4. The molecule has 172 valence electrons. The number of nitro benzene ring substituents is 1. The van der Waals surface area contributed by atoms with Gasteiger partial charge in [0, 0.05) is 26.6 Å². The molecule has 6 nitrogen and oxygen atoms in total. The number of nitrogens with zero attached hydrogens (tertiary/aromatic N) is 2. The van der Waals surface area contributed by atoms with Crippen molar-refractivity contribution in [1.82, 2.24) is 4.90 Å². The highest BCUT2D eigenvalue weighted by atomic mass is 35.5. The van der Waals surface area contributed by atoms with Crippen LogP contribution in [0.1, 0.15) is 11.1 Å². The standard InChI is InChI=1S/C23H13Cl2FN2O4S2/c24-14-5-7-15(8-6-14)33-20-9-4-13(10-19(20)28(31)32)11-21-22(29)27(23(30)34-21)12-16-17(25)2-1-3-18(16)26/h1-11H,12H2/b21-11+. The van der Waals surface area contributed by atoms with Crippen LogP contribution >= 0.6 is 46.7 Å². The van der Waals surface area contributed by atoms with E-state index in [-0.39, 0.29) is 27.7 Å². The lowest BCUT2D eigenvalue weighted by molar-refractivity contribution is -0.387. The second kappa shape index (κ2) is 10.2. The minimum atomic E-state index is -0.628. The summed E-state index contributed by atoms with van der Waals surface area (Å²) in [5.41, 5.74) is 0.263. The van der Waals surface area contributed by atoms with Gasteiger partial charge in [-0.25, -0.2) is 4.39 Å². The van der Waals surface area contributed by atoms with Crippen molar-refractivity contribution in [1.29, 1.82) is 0 Å². The van der Waals surface area contributed by atoms with Gasteiger partial charge in [-0.15, -0.1) is 0 Å². The number of rotatable bonds is 6. The summed E-state index contributed by atoms with van der Waals surface area (Å²) in [4.78, 5) is 38.5. The van der Waals surface area contributed by atoms with Gasteiger partial charge in [0.15, 0.2) is 0 Å². The summed E-state index contributed by atoms with van der Waals surface area (Å²) >= 11 is 13.8. The van der Waals surface area contributed by atoms with E-state index in [0.29, 0.717) is 27.2 Å². The van der Waals surface area contributed by atoms with Crippen LogP contribution in [0.5, 0.6) is 0 Å². The van der Waals surface area contributed by atoms with Crippen molar-refractivity contribution in [2.75, 3.05) is 0 Å². The Labute approximate surface area is 211 Å². The van der Waals surface area contributed by atoms with E-state index in [0.717, 1.165) is 9.80 Å². The monoisotopic (exact) mass is 534 g/mol. The number of halogens is 3. The summed E-state index contributed by atoms with van der Waals surface area (Å²) in [6, 6.07) is 15.5. The van der Waals surface area contributed by atoms with Gasteiger partial charge in [0.1, 0.15) is 5.82 Å². The third kappa shape index (κ3) is 5.28. The maximum Gasteiger partial charge on any atom is 0.293 e. The van der Waals surface area contributed by atoms with Crippen LogP contribution in [-0.2, 0) is 11.3 Å². The molecular formula is C23H13Cl2FN2O4S2. The van der Waals surface area contributed by atoms with Crippen molar-refractivity contribution in [3.05, 3.63) is 103 Å². The molecule has 1 saturated heterocycles. The fourth-order valence-corrected chi connectivity index (χ4v) is 5.20. The molecule has 1 fully saturated rings. The smallest absolute Gasteiger partial charge is 0.268 e. The summed E-state index contributed by atoms with van der Waals surface area (Å²) < 4.78 is 14.1. The first kappa shape index (κ1) is 24.3. The average molecular weight is 535 g/mol. The first-order valence-corrected chi connectivity index (χ1v) is 12.0. The molecule has 2 amide bonds. The van der Waals surface area contributed by atoms with Crippen LogP contribution in [0.4, 0.5) is 14.9 Å². The minimum absolute atomic E-state index is 0.0342. The number of hydrogen-bond donors (Lipinski definition) is 0. The summed E-state index contributed by atoms with van der Waals surface area (Å²) in [6.45, 7) is -0.315. The molecule has 0 radical (unpaired) electrons. The van der Waals surface area contributed by atoms with Crippen LogP contribution < -0.4 is 0 Å². The number of nitro groups is 1. The number of hydrogen-bond acceptors (Lipinski definition) is 6. The number of amides is 2. The van der Waals surface area contributed by atoms with Crippen molar-refractivity contribution in [3.8, 4) is 0 Å². The molecule has 4 rings (SSSR count). The van der Waals surface area contributed by atoms with Crippen LogP contribution in [-0.4, -0.2) is 21.0 Å². The Morgan fingerprint density at radius 3 is 2.50 bits per heavy atom. The van der Waals surface area contributed by atoms with Crippen molar-refractivity contribution in [2.45, 2.75) is 16.3 Å². The number of imide groups is 1. The van der Waals surface area contributed by atoms with Gasteiger partial charge in [-0.2, -0.15) is 0 Å². The fraction of sp³-hybridized carbons (Fsp3) is 0.0435. The molecule has 3 aromatic carbocycles. The molecular weight excluding hydrogens is 522 g/mol. The number of thioether (sulfide) groups is 1. The second-order valence-corrected chi connectivity index (χ2v) is 9.96. The molecule has 11 heteroatoms. The predicted molar refractivity (Wildman–Crippen MR) is 132 cm³/mol. The first-order chi connectivity index (χ1) is 16.2. The van der Waals surface area contributed by atoms with E-state index in [1.807, 2.05) is 0 Å². The van der Waals surface area contributed by atoms with Crippen LogP contribution in [0, 0.1) is 15.9 Å². The number of carbonyl (C=O) groups excluding carboxylic acids is 2. The molecule has 1 heterocycles. The van der Waals surface area contributed by atoms with Crippen molar-refractivity contribution < 1.29 is 18.9 Å². The van der Waals surface area contributed by atoms with Crippen molar-refractivity contribution in [2.24, 2.45) is 0 Å². The Morgan fingerprint density at radius 2 is 1.82 bits per heavy atom. The van der Waals surface area contributed by atoms with E-state index in [1.165, 1.54) is 42.1 Å². The van der Waals surface area contributed by atoms with Crippen molar-refractivity contribution >= 4 is 69.6 Å². The molecule has 3 aromatic rings. The molecule has 0 aromatic heterocycles. The fourth-order valence-electron chi connectivity index (χ4n) is 3.11. The first-order valence-electron chi connectivity index (χ1n) is 9.63. The lowest BCUT2D eigenvalue weighted by Gasteiger charge is -2.14. The molecule has 0 N–H and O–H groups in total. The minimum Gasteiger partial charge on any atom is -0.268 e. The normalized spacial score (nSPS) is 14.8. The topological polar surface area (TPSA) is 80.5 Å². The molecule has 0 saturated carbocycles. The van der Waals surface area contributed by atoms with E-state index in [2.05, 4.69) is 0 Å². The quantitative estimate of drug-likeness (QED) is 0.186. The highest BCUT2D eigenvalue weighted by Crippen LogP contribution is 2.38. The number of benzene rings is 3. The van der Waals surface area contributed by atoms with Crippen LogP contribution in [0.2, 0.25) is 10.0 Å². The summed E-state index contributed by atoms with van der Waals surface area (Å²) in [5.74, 6) is -1.25. The van der Waals surface area contributed by atoms with E-state index in [1.54, 1.807) is 36.4 Å². The Hall–Kier alpha value is -2.85. The van der Waals surface area contributed by atoms with E-state index < -0.39 is 21.9 Å². The molecule has 0 unspecified atom stereocenters. The molecule has 0 bridgehead atoms. The average Bonchev–Trinajstić information content (AvgIpc) is 3.05. The third-order valence-corrected chi connectivity index (χ3v) is 7.36. The lowest BCUT2D eigenvalue weighted by atomic mass is 10.1. The van der Waals surface area contributed by atoms with Gasteiger partial charge in [-0.3, -0.25) is 24.6 Å². The van der Waals surface area contributed by atoms with E-state index >= 15 is 0 Å². The Kier molecular flexibility index (Phi) is 7.27. The largest absolute Gasteiger partial charge is 0.293 e. The van der Waals surface area contributed by atoms with Gasteiger partial charge < -0.3 is 0 Å². The molecule has 0 aliphatic carbocycles.